The highest BCUT2D eigenvalue weighted by Crippen LogP contribution is 2.13. The van der Waals surface area contributed by atoms with Crippen LogP contribution in [0.25, 0.3) is 0 Å². The molecule has 1 aromatic heterocycles. The van der Waals surface area contributed by atoms with Gasteiger partial charge in [0.25, 0.3) is 0 Å². The second-order valence-corrected chi connectivity index (χ2v) is 5.74. The van der Waals surface area contributed by atoms with Crippen molar-refractivity contribution in [1.82, 2.24) is 4.98 Å². The third-order valence-electron chi connectivity index (χ3n) is 2.78. The molecule has 1 aromatic carbocycles. The molecule has 0 aliphatic heterocycles. The Labute approximate surface area is 112 Å². The zero-order valence-corrected chi connectivity index (χ0v) is 11.4. The van der Waals surface area contributed by atoms with Crippen LogP contribution in [0.2, 0.25) is 0 Å². The lowest BCUT2D eigenvalue weighted by Gasteiger charge is -2.00. The van der Waals surface area contributed by atoms with Gasteiger partial charge in [-0.2, -0.15) is 0 Å². The van der Waals surface area contributed by atoms with Gasteiger partial charge in [0, 0.05) is 17.5 Å². The molecule has 1 heterocycles. The van der Waals surface area contributed by atoms with Gasteiger partial charge in [-0.15, -0.1) is 11.3 Å². The van der Waals surface area contributed by atoms with Crippen LogP contribution in [0.5, 0.6) is 0 Å². The summed E-state index contributed by atoms with van der Waals surface area (Å²) >= 11 is 1.61. The molecule has 0 amide bonds. The first-order valence-corrected chi connectivity index (χ1v) is 7.02. The van der Waals surface area contributed by atoms with Gasteiger partial charge in [0.05, 0.1) is 6.42 Å². The Morgan fingerprint density at radius 3 is 2.72 bits per heavy atom. The number of hydrogen-bond acceptors (Lipinski definition) is 3. The van der Waals surface area contributed by atoms with Gasteiger partial charge in [0.1, 0.15) is 10.8 Å². The second-order valence-electron chi connectivity index (χ2n) is 4.42. The van der Waals surface area contributed by atoms with E-state index in [1.54, 1.807) is 11.3 Å². The molecule has 0 spiro atoms. The van der Waals surface area contributed by atoms with Crippen molar-refractivity contribution in [2.45, 2.75) is 32.6 Å². The maximum atomic E-state index is 11.8. The van der Waals surface area contributed by atoms with Gasteiger partial charge in [-0.1, -0.05) is 30.3 Å². The highest BCUT2D eigenvalue weighted by molar-refractivity contribution is 7.11. The molecule has 0 radical (unpaired) electrons. The second kappa shape index (κ2) is 6.45. The Balaban J connectivity index is 1.72. The van der Waals surface area contributed by atoms with E-state index in [0.717, 1.165) is 17.8 Å². The smallest absolute Gasteiger partial charge is 0.139 e. The van der Waals surface area contributed by atoms with E-state index in [0.29, 0.717) is 18.6 Å². The van der Waals surface area contributed by atoms with Crippen molar-refractivity contribution in [3.8, 4) is 0 Å². The summed E-state index contributed by atoms with van der Waals surface area (Å²) in [6, 6.07) is 10.3. The molecule has 0 fully saturated rings. The first-order chi connectivity index (χ1) is 8.74. The SMILES string of the molecule is Cc1cnc(CC(=O)CCCc2ccccc2)s1. The molecule has 0 N–H and O–H groups in total. The number of hydrogen-bond donors (Lipinski definition) is 0. The van der Waals surface area contributed by atoms with Crippen molar-refractivity contribution in [2.75, 3.05) is 0 Å². The number of carbonyl (C=O) groups is 1. The lowest BCUT2D eigenvalue weighted by molar-refractivity contribution is -0.118. The van der Waals surface area contributed by atoms with E-state index in [2.05, 4.69) is 17.1 Å². The summed E-state index contributed by atoms with van der Waals surface area (Å²) < 4.78 is 0. The van der Waals surface area contributed by atoms with Crippen LogP contribution in [-0.2, 0) is 17.6 Å². The first kappa shape index (κ1) is 13.0. The molecule has 94 valence electrons. The van der Waals surface area contributed by atoms with Gasteiger partial charge < -0.3 is 0 Å². The largest absolute Gasteiger partial charge is 0.299 e. The Kier molecular flexibility index (Phi) is 4.65. The molecule has 2 rings (SSSR count). The van der Waals surface area contributed by atoms with Gasteiger partial charge in [0.2, 0.25) is 0 Å². The Bertz CT molecular complexity index is 504. The molecule has 0 aliphatic carbocycles. The number of carbonyl (C=O) groups excluding carboxylic acids is 1. The van der Waals surface area contributed by atoms with Crippen LogP contribution in [-0.4, -0.2) is 10.8 Å². The van der Waals surface area contributed by atoms with Crippen molar-refractivity contribution in [1.29, 1.82) is 0 Å². The highest BCUT2D eigenvalue weighted by atomic mass is 32.1. The van der Waals surface area contributed by atoms with Crippen LogP contribution in [0.1, 0.15) is 28.3 Å². The lowest BCUT2D eigenvalue weighted by atomic mass is 10.1. The normalized spacial score (nSPS) is 10.5. The average Bonchev–Trinajstić information content (AvgIpc) is 2.76. The molecule has 0 bridgehead atoms. The fraction of sp³-hybridized carbons (Fsp3) is 0.333. The molecular weight excluding hydrogens is 242 g/mol. The molecule has 0 aliphatic rings. The van der Waals surface area contributed by atoms with Crippen LogP contribution in [0, 0.1) is 6.92 Å². The van der Waals surface area contributed by atoms with Crippen LogP contribution in [0.3, 0.4) is 0 Å². The zero-order valence-electron chi connectivity index (χ0n) is 10.6. The number of Topliss-reactive ketones (excluding diaryl/α,β-unsaturated/α-hetero) is 1. The molecule has 2 aromatic rings. The van der Waals surface area contributed by atoms with Crippen molar-refractivity contribution < 1.29 is 4.79 Å². The summed E-state index contributed by atoms with van der Waals surface area (Å²) in [5.74, 6) is 0.292. The minimum absolute atomic E-state index is 0.292. The molecule has 18 heavy (non-hydrogen) atoms. The van der Waals surface area contributed by atoms with E-state index in [4.69, 9.17) is 0 Å². The van der Waals surface area contributed by atoms with Crippen molar-refractivity contribution >= 4 is 17.1 Å². The van der Waals surface area contributed by atoms with E-state index in [1.807, 2.05) is 31.3 Å². The molecule has 2 nitrogen and oxygen atoms in total. The van der Waals surface area contributed by atoms with E-state index >= 15 is 0 Å². The van der Waals surface area contributed by atoms with Gasteiger partial charge in [-0.25, -0.2) is 4.98 Å². The fourth-order valence-electron chi connectivity index (χ4n) is 1.87. The summed E-state index contributed by atoms with van der Waals surface area (Å²) in [6.45, 7) is 2.01. The van der Waals surface area contributed by atoms with Crippen LogP contribution < -0.4 is 0 Å². The number of benzene rings is 1. The maximum absolute atomic E-state index is 11.8. The Morgan fingerprint density at radius 2 is 2.06 bits per heavy atom. The summed E-state index contributed by atoms with van der Waals surface area (Å²) in [5.41, 5.74) is 1.30. The molecule has 0 atom stereocenters. The predicted molar refractivity (Wildman–Crippen MR) is 74.9 cm³/mol. The summed E-state index contributed by atoms with van der Waals surface area (Å²) in [5, 5.41) is 0.942. The number of rotatable bonds is 6. The number of ketones is 1. The number of nitrogens with zero attached hydrogens (tertiary/aromatic N) is 1. The van der Waals surface area contributed by atoms with E-state index in [1.165, 1.54) is 10.4 Å². The molecular formula is C15H17NOS. The van der Waals surface area contributed by atoms with E-state index in [9.17, 15) is 4.79 Å². The fourth-order valence-corrected chi connectivity index (χ4v) is 2.69. The number of thiazole rings is 1. The molecule has 0 saturated carbocycles. The molecule has 0 saturated heterocycles. The molecule has 0 unspecified atom stereocenters. The standard InChI is InChI=1S/C15H17NOS/c1-12-11-16-15(18-12)10-14(17)9-5-8-13-6-3-2-4-7-13/h2-4,6-7,11H,5,8-10H2,1H3. The van der Waals surface area contributed by atoms with Gasteiger partial charge in [0.15, 0.2) is 0 Å². The highest BCUT2D eigenvalue weighted by Gasteiger charge is 2.06. The maximum Gasteiger partial charge on any atom is 0.139 e. The van der Waals surface area contributed by atoms with E-state index < -0.39 is 0 Å². The van der Waals surface area contributed by atoms with Crippen LogP contribution >= 0.6 is 11.3 Å². The Hall–Kier alpha value is -1.48. The monoisotopic (exact) mass is 259 g/mol. The van der Waals surface area contributed by atoms with Crippen LogP contribution in [0.15, 0.2) is 36.5 Å². The van der Waals surface area contributed by atoms with E-state index in [-0.39, 0.29) is 0 Å². The van der Waals surface area contributed by atoms with Crippen molar-refractivity contribution in [2.24, 2.45) is 0 Å². The Morgan fingerprint density at radius 1 is 1.28 bits per heavy atom. The summed E-state index contributed by atoms with van der Waals surface area (Å²) in [4.78, 5) is 17.2. The number of aryl methyl sites for hydroxylation is 2. The van der Waals surface area contributed by atoms with Gasteiger partial charge >= 0.3 is 0 Å². The zero-order chi connectivity index (χ0) is 12.8. The average molecular weight is 259 g/mol. The quantitative estimate of drug-likeness (QED) is 0.793. The lowest BCUT2D eigenvalue weighted by Crippen LogP contribution is -2.02. The van der Waals surface area contributed by atoms with Crippen molar-refractivity contribution in [3.63, 3.8) is 0 Å². The summed E-state index contributed by atoms with van der Waals surface area (Å²) in [7, 11) is 0. The van der Waals surface area contributed by atoms with Crippen LogP contribution in [0.4, 0.5) is 0 Å². The third-order valence-corrected chi connectivity index (χ3v) is 3.69. The number of aromatic nitrogens is 1. The van der Waals surface area contributed by atoms with Gasteiger partial charge in [-0.05, 0) is 25.3 Å². The topological polar surface area (TPSA) is 30.0 Å². The van der Waals surface area contributed by atoms with Crippen molar-refractivity contribution in [3.05, 3.63) is 52.0 Å². The minimum atomic E-state index is 0.292. The van der Waals surface area contributed by atoms with Gasteiger partial charge in [-0.3, -0.25) is 4.79 Å². The third kappa shape index (κ3) is 4.08. The minimum Gasteiger partial charge on any atom is -0.299 e. The first-order valence-electron chi connectivity index (χ1n) is 6.21. The molecule has 3 heteroatoms. The summed E-state index contributed by atoms with van der Waals surface area (Å²) in [6.07, 6.45) is 4.87. The predicted octanol–water partition coefficient (Wildman–Crippen LogP) is 3.59.